The minimum atomic E-state index is 0.0573. The van der Waals surface area contributed by atoms with Crippen LogP contribution in [0, 0.1) is 16.0 Å². The molecule has 0 saturated carbocycles. The molecule has 102 valence electrons. The van der Waals surface area contributed by atoms with E-state index in [0.717, 1.165) is 16.7 Å². The van der Waals surface area contributed by atoms with Gasteiger partial charge in [0.2, 0.25) is 5.91 Å². The molecule has 1 aliphatic heterocycles. The topological polar surface area (TPSA) is 77.7 Å². The van der Waals surface area contributed by atoms with Gasteiger partial charge in [-0.25, -0.2) is 4.98 Å². The quantitative estimate of drug-likeness (QED) is 0.742. The summed E-state index contributed by atoms with van der Waals surface area (Å²) in [6.45, 7) is 3.45. The van der Waals surface area contributed by atoms with Crippen molar-refractivity contribution in [2.24, 2.45) is 0 Å². The largest absolute Gasteiger partial charge is 0.343 e. The molecule has 2 aromatic heterocycles. The van der Waals surface area contributed by atoms with E-state index in [9.17, 15) is 10.1 Å². The lowest BCUT2D eigenvalue weighted by molar-refractivity contribution is -0.128. The van der Waals surface area contributed by atoms with Gasteiger partial charge in [0.05, 0.1) is 17.4 Å². The Balaban J connectivity index is 2.22. The zero-order chi connectivity index (χ0) is 14.3. The summed E-state index contributed by atoms with van der Waals surface area (Å²) >= 11 is 5.28. The highest BCUT2D eigenvalue weighted by atomic mass is 32.1. The summed E-state index contributed by atoms with van der Waals surface area (Å²) in [7, 11) is 0. The SMILES string of the molecule is CC(=O)N1CCc2c(C#N)c3[nH]cnc(=S)c3n2CC1. The molecule has 3 heterocycles. The molecule has 0 aliphatic carbocycles. The minimum absolute atomic E-state index is 0.0573. The third kappa shape index (κ3) is 1.80. The van der Waals surface area contributed by atoms with Gasteiger partial charge >= 0.3 is 0 Å². The Morgan fingerprint density at radius 1 is 1.50 bits per heavy atom. The molecule has 0 bridgehead atoms. The van der Waals surface area contributed by atoms with E-state index in [2.05, 4.69) is 16.0 Å². The fourth-order valence-electron chi connectivity index (χ4n) is 2.76. The predicted molar refractivity (Wildman–Crippen MR) is 75.6 cm³/mol. The average Bonchev–Trinajstić information content (AvgIpc) is 2.57. The Hall–Kier alpha value is -2.20. The number of hydrogen-bond donors (Lipinski definition) is 1. The lowest BCUT2D eigenvalue weighted by Crippen LogP contribution is -2.31. The number of carbonyl (C=O) groups excluding carboxylic acids is 1. The number of H-pyrrole nitrogens is 1. The van der Waals surface area contributed by atoms with Gasteiger partial charge in [0, 0.05) is 38.7 Å². The molecule has 7 heteroatoms. The van der Waals surface area contributed by atoms with Gasteiger partial charge in [-0.05, 0) is 0 Å². The van der Waals surface area contributed by atoms with Crippen LogP contribution in [0.1, 0.15) is 18.2 Å². The molecule has 0 saturated heterocycles. The zero-order valence-electron chi connectivity index (χ0n) is 11.0. The lowest BCUT2D eigenvalue weighted by atomic mass is 10.2. The van der Waals surface area contributed by atoms with Crippen LogP contribution in [0.15, 0.2) is 6.33 Å². The third-order valence-electron chi connectivity index (χ3n) is 3.73. The van der Waals surface area contributed by atoms with Crippen molar-refractivity contribution >= 4 is 29.2 Å². The number of hydrogen-bond acceptors (Lipinski definition) is 4. The second-order valence-electron chi connectivity index (χ2n) is 4.77. The summed E-state index contributed by atoms with van der Waals surface area (Å²) in [6.07, 6.45) is 2.17. The number of fused-ring (bicyclic) bond motifs is 3. The van der Waals surface area contributed by atoms with Crippen LogP contribution in [-0.4, -0.2) is 38.4 Å². The lowest BCUT2D eigenvalue weighted by Gasteiger charge is -2.17. The van der Waals surface area contributed by atoms with Gasteiger partial charge in [0.25, 0.3) is 0 Å². The van der Waals surface area contributed by atoms with Crippen LogP contribution in [0.3, 0.4) is 0 Å². The van der Waals surface area contributed by atoms with E-state index in [4.69, 9.17) is 12.2 Å². The first kappa shape index (κ1) is 12.8. The molecule has 6 nitrogen and oxygen atoms in total. The molecule has 0 fully saturated rings. The van der Waals surface area contributed by atoms with E-state index in [1.54, 1.807) is 11.8 Å². The first-order chi connectivity index (χ1) is 9.63. The van der Waals surface area contributed by atoms with Crippen LogP contribution in [-0.2, 0) is 17.8 Å². The second-order valence-corrected chi connectivity index (χ2v) is 5.16. The molecule has 0 unspecified atom stereocenters. The smallest absolute Gasteiger partial charge is 0.219 e. The molecular formula is C13H13N5OS. The Bertz CT molecular complexity index is 797. The summed E-state index contributed by atoms with van der Waals surface area (Å²) in [5.74, 6) is 0.0573. The Kier molecular flexibility index (Phi) is 3.03. The number of aromatic nitrogens is 3. The van der Waals surface area contributed by atoms with Gasteiger partial charge < -0.3 is 14.5 Å². The highest BCUT2D eigenvalue weighted by Crippen LogP contribution is 2.26. The van der Waals surface area contributed by atoms with Crippen LogP contribution < -0.4 is 0 Å². The normalized spacial score (nSPS) is 14.7. The number of nitrogens with one attached hydrogen (secondary N) is 1. The molecule has 1 N–H and O–H groups in total. The van der Waals surface area contributed by atoms with Crippen LogP contribution >= 0.6 is 12.2 Å². The molecule has 0 atom stereocenters. The van der Waals surface area contributed by atoms with E-state index >= 15 is 0 Å². The van der Waals surface area contributed by atoms with E-state index in [-0.39, 0.29) is 5.91 Å². The highest BCUT2D eigenvalue weighted by Gasteiger charge is 2.23. The summed E-state index contributed by atoms with van der Waals surface area (Å²) in [4.78, 5) is 20.4. The standard InChI is InChI=1S/C13H13N5OS/c1-8(19)17-3-2-10-9(6-14)11-12(18(10)5-4-17)13(20)16-7-15-11/h7H,2-5H2,1H3,(H,15,16,20). The summed E-state index contributed by atoms with van der Waals surface area (Å²) in [6, 6.07) is 2.25. The molecule has 1 amide bonds. The van der Waals surface area contributed by atoms with Crippen LogP contribution in [0.5, 0.6) is 0 Å². The number of amides is 1. The van der Waals surface area contributed by atoms with Gasteiger partial charge in [0.15, 0.2) is 4.64 Å². The van der Waals surface area contributed by atoms with Crippen molar-refractivity contribution in [3.63, 3.8) is 0 Å². The molecule has 0 spiro atoms. The minimum Gasteiger partial charge on any atom is -0.343 e. The van der Waals surface area contributed by atoms with Gasteiger partial charge in [-0.3, -0.25) is 4.79 Å². The fourth-order valence-corrected chi connectivity index (χ4v) is 3.03. The number of carbonyl (C=O) groups is 1. The Morgan fingerprint density at radius 3 is 3.00 bits per heavy atom. The monoisotopic (exact) mass is 287 g/mol. The highest BCUT2D eigenvalue weighted by molar-refractivity contribution is 7.71. The van der Waals surface area contributed by atoms with Crippen molar-refractivity contribution in [3.05, 3.63) is 22.2 Å². The van der Waals surface area contributed by atoms with E-state index in [1.807, 2.05) is 4.57 Å². The van der Waals surface area contributed by atoms with Crippen LogP contribution in [0.4, 0.5) is 0 Å². The Morgan fingerprint density at radius 2 is 2.30 bits per heavy atom. The first-order valence-electron chi connectivity index (χ1n) is 6.38. The van der Waals surface area contributed by atoms with Gasteiger partial charge in [-0.2, -0.15) is 5.26 Å². The fraction of sp³-hybridized carbons (Fsp3) is 0.385. The maximum absolute atomic E-state index is 11.5. The maximum atomic E-state index is 11.5. The summed E-state index contributed by atoms with van der Waals surface area (Å²) in [5, 5.41) is 9.42. The third-order valence-corrected chi connectivity index (χ3v) is 4.03. The first-order valence-corrected chi connectivity index (χ1v) is 6.78. The number of aromatic amines is 1. The predicted octanol–water partition coefficient (Wildman–Crippen LogP) is 1.37. The van der Waals surface area contributed by atoms with Crippen molar-refractivity contribution in [2.75, 3.05) is 13.1 Å². The Labute approximate surface area is 120 Å². The molecule has 0 radical (unpaired) electrons. The zero-order valence-corrected chi connectivity index (χ0v) is 11.8. The van der Waals surface area contributed by atoms with E-state index < -0.39 is 0 Å². The summed E-state index contributed by atoms with van der Waals surface area (Å²) in [5.41, 5.74) is 3.08. The van der Waals surface area contributed by atoms with Crippen molar-refractivity contribution in [3.8, 4) is 6.07 Å². The molecule has 3 rings (SSSR count). The number of rotatable bonds is 0. The number of nitrogens with zero attached hydrogens (tertiary/aromatic N) is 4. The van der Waals surface area contributed by atoms with Crippen molar-refractivity contribution in [1.29, 1.82) is 5.26 Å². The van der Waals surface area contributed by atoms with Crippen molar-refractivity contribution < 1.29 is 4.79 Å². The van der Waals surface area contributed by atoms with Gasteiger partial charge in [0.1, 0.15) is 11.6 Å². The van der Waals surface area contributed by atoms with Crippen molar-refractivity contribution in [1.82, 2.24) is 19.4 Å². The summed E-state index contributed by atoms with van der Waals surface area (Å²) < 4.78 is 2.51. The molecule has 2 aromatic rings. The van der Waals surface area contributed by atoms with Crippen molar-refractivity contribution in [2.45, 2.75) is 19.9 Å². The van der Waals surface area contributed by atoms with Gasteiger partial charge in [-0.15, -0.1) is 0 Å². The van der Waals surface area contributed by atoms with Crippen LogP contribution in [0.25, 0.3) is 11.0 Å². The second kappa shape index (κ2) is 4.72. The molecule has 0 aromatic carbocycles. The number of nitriles is 1. The molecule has 20 heavy (non-hydrogen) atoms. The van der Waals surface area contributed by atoms with Crippen LogP contribution in [0.2, 0.25) is 0 Å². The van der Waals surface area contributed by atoms with E-state index in [1.165, 1.54) is 6.33 Å². The van der Waals surface area contributed by atoms with Gasteiger partial charge in [-0.1, -0.05) is 12.2 Å². The average molecular weight is 287 g/mol. The van der Waals surface area contributed by atoms with E-state index in [0.29, 0.717) is 36.3 Å². The molecular weight excluding hydrogens is 274 g/mol. The maximum Gasteiger partial charge on any atom is 0.219 e. The molecule has 1 aliphatic rings.